The van der Waals surface area contributed by atoms with Gasteiger partial charge in [0.05, 0.1) is 11.6 Å². The SMILES string of the molecule is CC(O)c1ccc2nc(-c3ccc(CCCC(=O)/C=C/c4ccc(F)cc4)nc3)n(O)c2c1. The van der Waals surface area contributed by atoms with E-state index in [2.05, 4.69) is 9.97 Å². The topological polar surface area (TPSA) is 88.2 Å². The molecule has 0 aliphatic carbocycles. The zero-order valence-electron chi connectivity index (χ0n) is 18.1. The highest BCUT2D eigenvalue weighted by molar-refractivity contribution is 5.93. The predicted octanol–water partition coefficient (Wildman–Crippen LogP) is 5.13. The molecule has 7 heteroatoms. The number of allylic oxidation sites excluding steroid dienone is 1. The molecule has 168 valence electrons. The van der Waals surface area contributed by atoms with Crippen molar-refractivity contribution in [1.82, 2.24) is 14.7 Å². The van der Waals surface area contributed by atoms with Gasteiger partial charge in [0.1, 0.15) is 11.3 Å². The Hall–Kier alpha value is -3.84. The molecular weight excluding hydrogens is 421 g/mol. The molecule has 2 heterocycles. The Bertz CT molecular complexity index is 1290. The van der Waals surface area contributed by atoms with Crippen molar-refractivity contribution in [2.24, 2.45) is 0 Å². The minimum Gasteiger partial charge on any atom is -0.426 e. The fourth-order valence-corrected chi connectivity index (χ4v) is 3.52. The number of benzene rings is 2. The van der Waals surface area contributed by atoms with Crippen LogP contribution in [-0.2, 0) is 11.2 Å². The average Bonchev–Trinajstić information content (AvgIpc) is 3.15. The van der Waals surface area contributed by atoms with E-state index in [1.165, 1.54) is 18.2 Å². The molecule has 0 aliphatic rings. The fourth-order valence-electron chi connectivity index (χ4n) is 3.52. The second kappa shape index (κ2) is 9.75. The average molecular weight is 445 g/mol. The molecule has 0 radical (unpaired) electrons. The van der Waals surface area contributed by atoms with Gasteiger partial charge in [-0.1, -0.05) is 24.3 Å². The maximum Gasteiger partial charge on any atom is 0.178 e. The monoisotopic (exact) mass is 445 g/mol. The second-order valence-electron chi connectivity index (χ2n) is 7.91. The molecule has 0 bridgehead atoms. The van der Waals surface area contributed by atoms with Crippen LogP contribution >= 0.6 is 0 Å². The van der Waals surface area contributed by atoms with Crippen molar-refractivity contribution in [2.75, 3.05) is 0 Å². The van der Waals surface area contributed by atoms with Gasteiger partial charge in [-0.05, 0) is 73.4 Å². The van der Waals surface area contributed by atoms with Gasteiger partial charge in [-0.3, -0.25) is 9.78 Å². The molecule has 4 aromatic rings. The van der Waals surface area contributed by atoms with E-state index in [9.17, 15) is 19.5 Å². The van der Waals surface area contributed by atoms with Crippen LogP contribution in [0, 0.1) is 5.82 Å². The first-order valence-corrected chi connectivity index (χ1v) is 10.7. The summed E-state index contributed by atoms with van der Waals surface area (Å²) in [6, 6.07) is 14.9. The van der Waals surface area contributed by atoms with Crippen molar-refractivity contribution in [1.29, 1.82) is 0 Å². The van der Waals surface area contributed by atoms with Gasteiger partial charge >= 0.3 is 0 Å². The summed E-state index contributed by atoms with van der Waals surface area (Å²) in [5, 5.41) is 20.3. The molecule has 0 amide bonds. The van der Waals surface area contributed by atoms with Crippen LogP contribution in [0.3, 0.4) is 0 Å². The summed E-state index contributed by atoms with van der Waals surface area (Å²) in [5.41, 5.74) is 4.10. The lowest BCUT2D eigenvalue weighted by Gasteiger charge is -2.05. The third-order valence-electron chi connectivity index (χ3n) is 5.41. The zero-order chi connectivity index (χ0) is 23.4. The molecule has 2 aromatic carbocycles. The van der Waals surface area contributed by atoms with E-state index in [1.807, 2.05) is 12.1 Å². The largest absolute Gasteiger partial charge is 0.426 e. The number of nitrogens with zero attached hydrogens (tertiary/aromatic N) is 3. The maximum absolute atomic E-state index is 12.9. The maximum atomic E-state index is 12.9. The first-order valence-electron chi connectivity index (χ1n) is 10.7. The molecular formula is C26H24FN3O3. The quantitative estimate of drug-likeness (QED) is 0.290. The van der Waals surface area contributed by atoms with Crippen LogP contribution in [0.25, 0.3) is 28.5 Å². The number of imidazole rings is 1. The van der Waals surface area contributed by atoms with Crippen molar-refractivity contribution < 1.29 is 19.5 Å². The van der Waals surface area contributed by atoms with Crippen molar-refractivity contribution in [3.8, 4) is 11.4 Å². The Kier molecular flexibility index (Phi) is 6.60. The van der Waals surface area contributed by atoms with Gasteiger partial charge in [0.2, 0.25) is 0 Å². The minimum atomic E-state index is -0.640. The Balaban J connectivity index is 1.36. The van der Waals surface area contributed by atoms with Gasteiger partial charge in [-0.25, -0.2) is 9.37 Å². The van der Waals surface area contributed by atoms with Crippen molar-refractivity contribution in [3.05, 3.63) is 89.5 Å². The van der Waals surface area contributed by atoms with Crippen LogP contribution in [-0.4, -0.2) is 30.8 Å². The third kappa shape index (κ3) is 5.32. The molecule has 2 N–H and O–H groups in total. The lowest BCUT2D eigenvalue weighted by molar-refractivity contribution is -0.114. The summed E-state index contributed by atoms with van der Waals surface area (Å²) in [4.78, 5) is 21.0. The second-order valence-corrected chi connectivity index (χ2v) is 7.91. The molecule has 6 nitrogen and oxygen atoms in total. The lowest BCUT2D eigenvalue weighted by Crippen LogP contribution is -1.98. The van der Waals surface area contributed by atoms with Crippen LogP contribution in [0.2, 0.25) is 0 Å². The number of ketones is 1. The number of aryl methyl sites for hydroxylation is 1. The van der Waals surface area contributed by atoms with Gasteiger partial charge in [0.15, 0.2) is 11.6 Å². The molecule has 0 spiro atoms. The number of aromatic nitrogens is 3. The van der Waals surface area contributed by atoms with Crippen molar-refractivity contribution in [3.63, 3.8) is 0 Å². The molecule has 1 unspecified atom stereocenters. The van der Waals surface area contributed by atoms with E-state index in [0.29, 0.717) is 47.2 Å². The molecule has 0 saturated carbocycles. The summed E-state index contributed by atoms with van der Waals surface area (Å²) in [6.45, 7) is 1.66. The Morgan fingerprint density at radius 3 is 2.64 bits per heavy atom. The van der Waals surface area contributed by atoms with Gasteiger partial charge in [0.25, 0.3) is 0 Å². The van der Waals surface area contributed by atoms with E-state index in [-0.39, 0.29) is 11.6 Å². The standard InChI is InChI=1S/C26H24FN3O3/c1-17(31)19-9-14-24-25(15-19)30(33)26(29-24)20-8-12-22(28-16-20)3-2-4-23(32)13-7-18-5-10-21(27)11-6-18/h5-17,31,33H,2-4H2,1H3/b13-7+. The first kappa shape index (κ1) is 22.4. The normalized spacial score (nSPS) is 12.5. The number of pyridine rings is 1. The van der Waals surface area contributed by atoms with E-state index in [0.717, 1.165) is 16.0 Å². The molecule has 2 aromatic heterocycles. The fraction of sp³-hybridized carbons (Fsp3) is 0.192. The minimum absolute atomic E-state index is 0.00140. The molecule has 0 aliphatic heterocycles. The van der Waals surface area contributed by atoms with Crippen LogP contribution < -0.4 is 0 Å². The van der Waals surface area contributed by atoms with Crippen molar-refractivity contribution in [2.45, 2.75) is 32.3 Å². The highest BCUT2D eigenvalue weighted by Crippen LogP contribution is 2.25. The highest BCUT2D eigenvalue weighted by atomic mass is 19.1. The molecule has 0 saturated heterocycles. The number of hydrogen-bond donors (Lipinski definition) is 2. The highest BCUT2D eigenvalue weighted by Gasteiger charge is 2.14. The van der Waals surface area contributed by atoms with Gasteiger partial charge in [-0.2, -0.15) is 4.73 Å². The summed E-state index contributed by atoms with van der Waals surface area (Å²) in [6.07, 6.45) is 5.88. The van der Waals surface area contributed by atoms with Gasteiger partial charge in [0, 0.05) is 23.9 Å². The van der Waals surface area contributed by atoms with E-state index in [4.69, 9.17) is 0 Å². The molecule has 0 fully saturated rings. The molecule has 4 rings (SSSR count). The van der Waals surface area contributed by atoms with Crippen LogP contribution in [0.1, 0.15) is 42.7 Å². The van der Waals surface area contributed by atoms with Gasteiger partial charge < -0.3 is 10.3 Å². The number of carbonyl (C=O) groups is 1. The smallest absolute Gasteiger partial charge is 0.178 e. The van der Waals surface area contributed by atoms with Crippen LogP contribution in [0.15, 0.2) is 66.9 Å². The number of carbonyl (C=O) groups excluding carboxylic acids is 1. The zero-order valence-corrected chi connectivity index (χ0v) is 18.1. The van der Waals surface area contributed by atoms with E-state index in [1.54, 1.807) is 49.5 Å². The summed E-state index contributed by atoms with van der Waals surface area (Å²) in [7, 11) is 0. The molecule has 1 atom stereocenters. The van der Waals surface area contributed by atoms with E-state index < -0.39 is 6.10 Å². The number of fused-ring (bicyclic) bond motifs is 1. The Morgan fingerprint density at radius 1 is 1.15 bits per heavy atom. The number of rotatable bonds is 8. The first-order chi connectivity index (χ1) is 15.9. The number of hydrogen-bond acceptors (Lipinski definition) is 5. The number of aliphatic hydroxyl groups is 1. The van der Waals surface area contributed by atoms with Crippen LogP contribution in [0.5, 0.6) is 0 Å². The van der Waals surface area contributed by atoms with Crippen LogP contribution in [0.4, 0.5) is 4.39 Å². The summed E-state index contributed by atoms with van der Waals surface area (Å²) in [5.74, 6) is 0.0631. The van der Waals surface area contributed by atoms with E-state index >= 15 is 0 Å². The summed E-state index contributed by atoms with van der Waals surface area (Å²) < 4.78 is 13.9. The predicted molar refractivity (Wildman–Crippen MR) is 124 cm³/mol. The Labute approximate surface area is 190 Å². The van der Waals surface area contributed by atoms with Crippen molar-refractivity contribution >= 4 is 22.9 Å². The summed E-state index contributed by atoms with van der Waals surface area (Å²) >= 11 is 0. The Morgan fingerprint density at radius 2 is 1.94 bits per heavy atom. The third-order valence-corrected chi connectivity index (χ3v) is 5.41. The lowest BCUT2D eigenvalue weighted by atomic mass is 10.1. The number of halogens is 1. The molecule has 33 heavy (non-hydrogen) atoms. The number of aliphatic hydroxyl groups excluding tert-OH is 1. The van der Waals surface area contributed by atoms with Gasteiger partial charge in [-0.15, -0.1) is 0 Å².